The summed E-state index contributed by atoms with van der Waals surface area (Å²) in [4.78, 5) is 0. The number of aliphatic hydroxyl groups excluding tert-OH is 2. The van der Waals surface area contributed by atoms with Crippen LogP contribution >= 0.6 is 0 Å². The van der Waals surface area contributed by atoms with Crippen LogP contribution < -0.4 is 21.9 Å². The standard InChI is InChI=1S/C8H9NO.C4H12N2O.C2H6O2/c1-2-10-8-6-4-3-5-7(8)9;5-1-3-7-4-2-6;3-1-2-4/h2-6H,1,9H2;1-6H2;3-4H,1-2H2. The molecular formula is C14H27N3O4. The molecule has 0 aromatic heterocycles. The van der Waals surface area contributed by atoms with Crippen molar-refractivity contribution in [3.63, 3.8) is 0 Å². The highest BCUT2D eigenvalue weighted by molar-refractivity contribution is 5.51. The Kier molecular flexibility index (Phi) is 18.9. The molecule has 0 amide bonds. The van der Waals surface area contributed by atoms with Crippen LogP contribution in [-0.4, -0.2) is 49.7 Å². The lowest BCUT2D eigenvalue weighted by molar-refractivity contribution is 0.149. The molecule has 0 bridgehead atoms. The molecular weight excluding hydrogens is 274 g/mol. The van der Waals surface area contributed by atoms with Crippen LogP contribution in [0, 0.1) is 0 Å². The predicted octanol–water partition coefficient (Wildman–Crippen LogP) is -0.317. The third-order valence-electron chi connectivity index (χ3n) is 1.75. The van der Waals surface area contributed by atoms with Crippen molar-refractivity contribution in [2.45, 2.75) is 0 Å². The number of ether oxygens (including phenoxy) is 2. The lowest BCUT2D eigenvalue weighted by atomic mass is 10.3. The Morgan fingerprint density at radius 2 is 1.57 bits per heavy atom. The molecule has 21 heavy (non-hydrogen) atoms. The highest BCUT2D eigenvalue weighted by Crippen LogP contribution is 2.19. The van der Waals surface area contributed by atoms with Gasteiger partial charge in [0.05, 0.1) is 38.4 Å². The maximum Gasteiger partial charge on any atom is 0.149 e. The Hall–Kier alpha value is -1.64. The van der Waals surface area contributed by atoms with E-state index in [2.05, 4.69) is 6.58 Å². The number of anilines is 1. The topological polar surface area (TPSA) is 137 Å². The molecule has 0 aliphatic carbocycles. The average molecular weight is 301 g/mol. The molecule has 7 nitrogen and oxygen atoms in total. The molecule has 0 unspecified atom stereocenters. The highest BCUT2D eigenvalue weighted by atomic mass is 16.5. The van der Waals surface area contributed by atoms with E-state index in [9.17, 15) is 0 Å². The molecule has 0 spiro atoms. The normalized spacial score (nSPS) is 8.76. The molecule has 1 rings (SSSR count). The molecule has 7 heteroatoms. The first kappa shape index (κ1) is 21.7. The Morgan fingerprint density at radius 3 is 1.95 bits per heavy atom. The summed E-state index contributed by atoms with van der Waals surface area (Å²) in [6, 6.07) is 7.27. The zero-order valence-electron chi connectivity index (χ0n) is 12.3. The van der Waals surface area contributed by atoms with Crippen LogP contribution in [0.1, 0.15) is 0 Å². The van der Waals surface area contributed by atoms with E-state index in [1.165, 1.54) is 6.26 Å². The Morgan fingerprint density at radius 1 is 1.05 bits per heavy atom. The third-order valence-corrected chi connectivity index (χ3v) is 1.75. The lowest BCUT2D eigenvalue weighted by Gasteiger charge is -2.01. The van der Waals surface area contributed by atoms with Crippen LogP contribution in [0.15, 0.2) is 37.1 Å². The van der Waals surface area contributed by atoms with E-state index in [0.717, 1.165) is 0 Å². The van der Waals surface area contributed by atoms with E-state index in [4.69, 9.17) is 36.9 Å². The molecule has 0 atom stereocenters. The van der Waals surface area contributed by atoms with Gasteiger partial charge in [0.15, 0.2) is 0 Å². The molecule has 8 N–H and O–H groups in total. The first-order chi connectivity index (χ1) is 10.2. The minimum atomic E-state index is -0.125. The molecule has 0 radical (unpaired) electrons. The van der Waals surface area contributed by atoms with Gasteiger partial charge in [0.25, 0.3) is 0 Å². The number of rotatable bonds is 7. The van der Waals surface area contributed by atoms with Gasteiger partial charge in [-0.05, 0) is 12.1 Å². The van der Waals surface area contributed by atoms with E-state index in [0.29, 0.717) is 37.7 Å². The molecule has 1 aromatic carbocycles. The quantitative estimate of drug-likeness (QED) is 0.264. The van der Waals surface area contributed by atoms with Crippen molar-refractivity contribution in [3.05, 3.63) is 37.1 Å². The summed E-state index contributed by atoms with van der Waals surface area (Å²) in [7, 11) is 0. The summed E-state index contributed by atoms with van der Waals surface area (Å²) in [5, 5.41) is 15.2. The Balaban J connectivity index is 0. The summed E-state index contributed by atoms with van der Waals surface area (Å²) < 4.78 is 9.86. The van der Waals surface area contributed by atoms with Crippen molar-refractivity contribution in [2.75, 3.05) is 45.3 Å². The first-order valence-corrected chi connectivity index (χ1v) is 6.49. The van der Waals surface area contributed by atoms with Crippen LogP contribution in [0.4, 0.5) is 5.69 Å². The van der Waals surface area contributed by atoms with Crippen LogP contribution in [0.3, 0.4) is 0 Å². The van der Waals surface area contributed by atoms with Crippen molar-refractivity contribution >= 4 is 5.69 Å². The zero-order valence-corrected chi connectivity index (χ0v) is 12.3. The monoisotopic (exact) mass is 301 g/mol. The van der Waals surface area contributed by atoms with E-state index < -0.39 is 0 Å². The summed E-state index contributed by atoms with van der Waals surface area (Å²) in [5.41, 5.74) is 16.4. The zero-order chi connectivity index (χ0) is 16.3. The van der Waals surface area contributed by atoms with Crippen molar-refractivity contribution in [1.29, 1.82) is 0 Å². The molecule has 0 aliphatic rings. The number of nitrogens with two attached hydrogens (primary N) is 3. The van der Waals surface area contributed by atoms with Gasteiger partial charge in [-0.25, -0.2) is 0 Å². The van der Waals surface area contributed by atoms with Gasteiger partial charge < -0.3 is 36.9 Å². The van der Waals surface area contributed by atoms with Crippen molar-refractivity contribution in [2.24, 2.45) is 11.5 Å². The van der Waals surface area contributed by atoms with Crippen molar-refractivity contribution < 1.29 is 19.7 Å². The van der Waals surface area contributed by atoms with Gasteiger partial charge >= 0.3 is 0 Å². The van der Waals surface area contributed by atoms with Crippen LogP contribution in [0.2, 0.25) is 0 Å². The summed E-state index contributed by atoms with van der Waals surface area (Å²) in [5.74, 6) is 0.650. The van der Waals surface area contributed by atoms with Crippen molar-refractivity contribution in [1.82, 2.24) is 0 Å². The van der Waals surface area contributed by atoms with Gasteiger partial charge in [-0.3, -0.25) is 0 Å². The number of hydrogen-bond acceptors (Lipinski definition) is 7. The number of benzene rings is 1. The van der Waals surface area contributed by atoms with E-state index >= 15 is 0 Å². The smallest absolute Gasteiger partial charge is 0.149 e. The number of aliphatic hydroxyl groups is 2. The summed E-state index contributed by atoms with van der Waals surface area (Å²) in [6.07, 6.45) is 1.35. The van der Waals surface area contributed by atoms with E-state index in [-0.39, 0.29) is 13.2 Å². The van der Waals surface area contributed by atoms with Crippen LogP contribution in [-0.2, 0) is 4.74 Å². The molecule has 0 saturated carbocycles. The number of para-hydroxylation sites is 2. The van der Waals surface area contributed by atoms with E-state index in [1.807, 2.05) is 12.1 Å². The second-order valence-electron chi connectivity index (χ2n) is 3.46. The molecule has 0 aliphatic heterocycles. The Bertz CT molecular complexity index is 332. The highest BCUT2D eigenvalue weighted by Gasteiger charge is 1.93. The van der Waals surface area contributed by atoms with Gasteiger partial charge in [-0.15, -0.1) is 0 Å². The number of hydrogen-bond donors (Lipinski definition) is 5. The molecule has 0 fully saturated rings. The van der Waals surface area contributed by atoms with Gasteiger partial charge in [0.1, 0.15) is 5.75 Å². The van der Waals surface area contributed by atoms with Gasteiger partial charge in [0.2, 0.25) is 0 Å². The average Bonchev–Trinajstić information content (AvgIpc) is 2.51. The Labute approximate surface area is 126 Å². The molecule has 0 heterocycles. The first-order valence-electron chi connectivity index (χ1n) is 6.49. The molecule has 0 saturated heterocycles. The SMILES string of the molecule is C=COc1ccccc1N.NCCOCCN.OCCO. The minimum absolute atomic E-state index is 0.125. The van der Waals surface area contributed by atoms with Crippen LogP contribution in [0.5, 0.6) is 5.75 Å². The van der Waals surface area contributed by atoms with Crippen molar-refractivity contribution in [3.8, 4) is 5.75 Å². The van der Waals surface area contributed by atoms with Gasteiger partial charge in [0, 0.05) is 13.1 Å². The maximum absolute atomic E-state index is 7.62. The summed E-state index contributed by atoms with van der Waals surface area (Å²) >= 11 is 0. The maximum atomic E-state index is 7.62. The van der Waals surface area contributed by atoms with Gasteiger partial charge in [-0.1, -0.05) is 18.7 Å². The fraction of sp³-hybridized carbons (Fsp3) is 0.429. The van der Waals surface area contributed by atoms with Gasteiger partial charge in [-0.2, -0.15) is 0 Å². The predicted molar refractivity (Wildman–Crippen MR) is 84.8 cm³/mol. The lowest BCUT2D eigenvalue weighted by Crippen LogP contribution is -2.13. The summed E-state index contributed by atoms with van der Waals surface area (Å²) in [6.45, 7) is 5.58. The minimum Gasteiger partial charge on any atom is -0.463 e. The largest absolute Gasteiger partial charge is 0.463 e. The second-order valence-corrected chi connectivity index (χ2v) is 3.46. The molecule has 1 aromatic rings. The van der Waals surface area contributed by atoms with Crippen LogP contribution in [0.25, 0.3) is 0 Å². The van der Waals surface area contributed by atoms with E-state index in [1.54, 1.807) is 12.1 Å². The third kappa shape index (κ3) is 16.3. The fourth-order valence-corrected chi connectivity index (χ4v) is 0.946. The number of nitrogen functional groups attached to an aromatic ring is 1. The fourth-order valence-electron chi connectivity index (χ4n) is 0.946. The molecule has 122 valence electrons. The second kappa shape index (κ2) is 18.4.